The van der Waals surface area contributed by atoms with Gasteiger partial charge in [0, 0.05) is 17.3 Å². The van der Waals surface area contributed by atoms with Gasteiger partial charge in [0.15, 0.2) is 0 Å². The van der Waals surface area contributed by atoms with Crippen LogP contribution in [0.15, 0.2) is 24.3 Å². The second-order valence-corrected chi connectivity index (χ2v) is 15.0. The Hall–Kier alpha value is -3.13. The second kappa shape index (κ2) is 12.6. The average Bonchev–Trinajstić information content (AvgIpc) is 3.37. The molecule has 0 spiro atoms. The Morgan fingerprint density at radius 3 is 2.51 bits per heavy atom. The Bertz CT molecular complexity index is 1550. The van der Waals surface area contributed by atoms with Crippen LogP contribution in [0.3, 0.4) is 0 Å². The molecule has 4 aliphatic rings. The summed E-state index contributed by atoms with van der Waals surface area (Å²) in [7, 11) is -5.00. The molecule has 6 atom stereocenters. The van der Waals surface area contributed by atoms with Crippen molar-refractivity contribution in [3.05, 3.63) is 34.7 Å². The maximum atomic E-state index is 14.8. The highest BCUT2D eigenvalue weighted by molar-refractivity contribution is 7.51. The molecule has 3 aliphatic heterocycles. The molecule has 1 saturated carbocycles. The number of likely N-dealkylation sites (tertiary alicyclic amines) is 1. The Kier molecular flexibility index (Phi) is 8.90. The number of halogens is 2. The van der Waals surface area contributed by atoms with E-state index in [4.69, 9.17) is 4.74 Å². The third-order valence-electron chi connectivity index (χ3n) is 8.90. The predicted octanol–water partition coefficient (Wildman–Crippen LogP) is 3.52. The molecule has 4 amide bonds. The fourth-order valence-corrected chi connectivity index (χ4v) is 7.89. The van der Waals surface area contributed by atoms with Gasteiger partial charge in [0.25, 0.3) is 5.91 Å². The molecular weight excluding hydrogens is 633 g/mol. The molecule has 4 fully saturated rings. The van der Waals surface area contributed by atoms with E-state index in [1.165, 1.54) is 34.1 Å². The van der Waals surface area contributed by atoms with E-state index in [9.17, 15) is 42.3 Å². The van der Waals surface area contributed by atoms with Gasteiger partial charge in [-0.05, 0) is 67.7 Å². The summed E-state index contributed by atoms with van der Waals surface area (Å²) in [6.07, 6.45) is 2.92. The van der Waals surface area contributed by atoms with Crippen LogP contribution in [-0.2, 0) is 18.9 Å². The molecule has 1 aromatic heterocycles. The van der Waals surface area contributed by atoms with Crippen LogP contribution in [0.4, 0.5) is 13.6 Å². The summed E-state index contributed by atoms with van der Waals surface area (Å²) < 4.78 is 46.3. The van der Waals surface area contributed by atoms with Gasteiger partial charge >= 0.3 is 13.7 Å². The molecule has 1 unspecified atom stereocenters. The summed E-state index contributed by atoms with van der Waals surface area (Å²) in [5.41, 5.74) is -0.206. The number of nitrogens with zero attached hydrogens (tertiary/aromatic N) is 2. The number of hydrogen-bond acceptors (Lipinski definition) is 7. The number of fused-ring (bicyclic) bond motifs is 2. The molecule has 3 saturated heterocycles. The van der Waals surface area contributed by atoms with Crippen LogP contribution < -0.4 is 10.6 Å². The summed E-state index contributed by atoms with van der Waals surface area (Å²) in [5, 5.41) is 5.94. The lowest BCUT2D eigenvalue weighted by molar-refractivity contribution is -0.143. The third kappa shape index (κ3) is 6.86. The van der Waals surface area contributed by atoms with Crippen molar-refractivity contribution in [2.24, 2.45) is 0 Å². The Morgan fingerprint density at radius 1 is 1.02 bits per heavy atom. The zero-order chi connectivity index (χ0) is 32.0. The van der Waals surface area contributed by atoms with Gasteiger partial charge < -0.3 is 35.0 Å². The summed E-state index contributed by atoms with van der Waals surface area (Å²) >= 11 is 1.09. The topological polar surface area (TPSA) is 166 Å². The quantitative estimate of drug-likeness (QED) is 0.326. The largest absolute Gasteiger partial charge is 0.446 e. The molecule has 12 nitrogen and oxygen atoms in total. The first-order valence-electron chi connectivity index (χ1n) is 15.1. The predicted molar refractivity (Wildman–Crippen MR) is 159 cm³/mol. The maximum absolute atomic E-state index is 14.8. The van der Waals surface area contributed by atoms with Crippen molar-refractivity contribution in [1.82, 2.24) is 20.4 Å². The van der Waals surface area contributed by atoms with Gasteiger partial charge in [0.1, 0.15) is 24.4 Å². The highest BCUT2D eigenvalue weighted by atomic mass is 32.1. The Labute approximate surface area is 261 Å². The van der Waals surface area contributed by atoms with Crippen LogP contribution in [-0.4, -0.2) is 92.9 Å². The number of ether oxygens (including phenoxy) is 1. The van der Waals surface area contributed by atoms with Crippen LogP contribution in [0.25, 0.3) is 10.1 Å². The fourth-order valence-electron chi connectivity index (χ4n) is 6.40. The monoisotopic (exact) mass is 668 g/mol. The lowest BCUT2D eigenvalue weighted by Gasteiger charge is -2.35. The summed E-state index contributed by atoms with van der Waals surface area (Å²) in [4.78, 5) is 74.3. The molecular formula is C29H35F2N4O8PS. The van der Waals surface area contributed by atoms with Gasteiger partial charge in [-0.15, -0.1) is 11.3 Å². The van der Waals surface area contributed by atoms with Crippen LogP contribution >= 0.6 is 18.9 Å². The van der Waals surface area contributed by atoms with Crippen LogP contribution in [0.5, 0.6) is 0 Å². The zero-order valence-corrected chi connectivity index (χ0v) is 26.0. The van der Waals surface area contributed by atoms with Gasteiger partial charge in [0.2, 0.25) is 17.7 Å². The van der Waals surface area contributed by atoms with E-state index < -0.39 is 61.6 Å². The highest BCUT2D eigenvalue weighted by Gasteiger charge is 2.46. The van der Waals surface area contributed by atoms with Crippen molar-refractivity contribution in [3.63, 3.8) is 0 Å². The Balaban J connectivity index is 1.12. The van der Waals surface area contributed by atoms with E-state index in [-0.39, 0.29) is 35.7 Å². The van der Waals surface area contributed by atoms with Gasteiger partial charge in [-0.3, -0.25) is 18.9 Å². The molecule has 1 aromatic carbocycles. The molecule has 6 rings (SSSR count). The first-order chi connectivity index (χ1) is 21.4. The van der Waals surface area contributed by atoms with Crippen molar-refractivity contribution in [1.29, 1.82) is 0 Å². The molecule has 4 heterocycles. The minimum absolute atomic E-state index is 0.0246. The van der Waals surface area contributed by atoms with Crippen molar-refractivity contribution in [3.8, 4) is 0 Å². The number of thiophene rings is 1. The number of alkyl halides is 2. The van der Waals surface area contributed by atoms with E-state index in [1.807, 2.05) is 0 Å². The number of carbonyl (C=O) groups is 4. The van der Waals surface area contributed by atoms with E-state index in [0.29, 0.717) is 42.2 Å². The first kappa shape index (κ1) is 31.8. The van der Waals surface area contributed by atoms with Gasteiger partial charge in [0.05, 0.1) is 17.5 Å². The fraction of sp³-hybridized carbons (Fsp3) is 0.586. The number of nitrogens with one attached hydrogen (secondary N) is 2. The van der Waals surface area contributed by atoms with Crippen LogP contribution in [0, 0.1) is 0 Å². The molecule has 16 heteroatoms. The molecule has 1 aliphatic carbocycles. The molecule has 0 bridgehead atoms. The number of amides is 4. The van der Waals surface area contributed by atoms with Gasteiger partial charge in [-0.1, -0.05) is 18.9 Å². The SMILES string of the molecule is O=C(N[C@H]1CCCC[C@H]2CC[C@@H](C(=O)N[C@H]3CN(C(=O)OC4CC4)C[C@@H]3F)N2C1=O)c1cc2cc(C(F)P(=O)(O)O)ccc2s1. The van der Waals surface area contributed by atoms with Crippen molar-refractivity contribution >= 4 is 52.8 Å². The van der Waals surface area contributed by atoms with Gasteiger partial charge in [-0.2, -0.15) is 0 Å². The van der Waals surface area contributed by atoms with Crippen molar-refractivity contribution in [2.45, 2.75) is 93.7 Å². The van der Waals surface area contributed by atoms with Crippen LogP contribution in [0.2, 0.25) is 0 Å². The van der Waals surface area contributed by atoms with E-state index in [1.54, 1.807) is 0 Å². The first-order valence-corrected chi connectivity index (χ1v) is 17.6. The zero-order valence-electron chi connectivity index (χ0n) is 24.3. The smallest absolute Gasteiger partial charge is 0.410 e. The van der Waals surface area contributed by atoms with E-state index in [0.717, 1.165) is 30.6 Å². The number of carbonyl (C=O) groups excluding carboxylic acids is 4. The molecule has 45 heavy (non-hydrogen) atoms. The molecule has 2 aromatic rings. The summed E-state index contributed by atoms with van der Waals surface area (Å²) in [6, 6.07) is 2.63. The highest BCUT2D eigenvalue weighted by Crippen LogP contribution is 2.53. The molecule has 244 valence electrons. The number of rotatable bonds is 7. The van der Waals surface area contributed by atoms with Gasteiger partial charge in [-0.25, -0.2) is 13.6 Å². The molecule has 0 radical (unpaired) electrons. The summed E-state index contributed by atoms with van der Waals surface area (Å²) in [5.74, 6) is -3.92. The minimum atomic E-state index is -5.00. The molecule has 4 N–H and O–H groups in total. The minimum Gasteiger partial charge on any atom is -0.446 e. The number of hydrogen-bond donors (Lipinski definition) is 4. The van der Waals surface area contributed by atoms with Crippen molar-refractivity contribution in [2.75, 3.05) is 13.1 Å². The lowest BCUT2D eigenvalue weighted by atomic mass is 9.99. The standard InChI is InChI=1S/C29H35F2N4O8PS/c30-19-13-34(29(39)43-18-7-8-18)14-21(19)33-26(36)22-9-6-17-3-1-2-4-20(28(38)35(17)22)32-27(37)24-12-16-11-15(5-10-23(16)45-24)25(31)44(40,41)42/h5,10-12,17-22,25H,1-4,6-9,13-14H2,(H,32,37)(H,33,36)(H2,40,41,42)/t17-,19-,20-,21-,22-,25?/m0/s1. The maximum Gasteiger partial charge on any atom is 0.410 e. The Morgan fingerprint density at radius 2 is 1.78 bits per heavy atom. The second-order valence-electron chi connectivity index (χ2n) is 12.3. The van der Waals surface area contributed by atoms with Crippen LogP contribution in [0.1, 0.15) is 72.5 Å². The third-order valence-corrected chi connectivity index (χ3v) is 10.9. The van der Waals surface area contributed by atoms with E-state index in [2.05, 4.69) is 10.6 Å². The lowest BCUT2D eigenvalue weighted by Crippen LogP contribution is -2.57. The summed E-state index contributed by atoms with van der Waals surface area (Å²) in [6.45, 7) is -0.208. The van der Waals surface area contributed by atoms with E-state index >= 15 is 0 Å². The number of benzene rings is 1. The average molecular weight is 669 g/mol. The normalized spacial score (nSPS) is 27.9. The van der Waals surface area contributed by atoms with Crippen molar-refractivity contribution < 1.29 is 47.0 Å².